The van der Waals surface area contributed by atoms with Gasteiger partial charge in [-0.3, -0.25) is 4.79 Å². The van der Waals surface area contributed by atoms with E-state index in [4.69, 9.17) is 5.73 Å². The Kier molecular flexibility index (Phi) is 3.41. The van der Waals surface area contributed by atoms with Crippen LogP contribution < -0.4 is 5.73 Å². The van der Waals surface area contributed by atoms with Crippen LogP contribution in [0, 0.1) is 5.92 Å². The largest absolute Gasteiger partial charge is 0.397 e. The van der Waals surface area contributed by atoms with Gasteiger partial charge in [-0.25, -0.2) is 0 Å². The van der Waals surface area contributed by atoms with Crippen molar-refractivity contribution in [2.75, 3.05) is 18.8 Å². The first kappa shape index (κ1) is 12.0. The van der Waals surface area contributed by atoms with Crippen molar-refractivity contribution in [2.24, 2.45) is 5.92 Å². The van der Waals surface area contributed by atoms with Crippen LogP contribution in [-0.2, 0) is 6.54 Å². The first-order valence-corrected chi connectivity index (χ1v) is 6.36. The third kappa shape index (κ3) is 2.46. The molecule has 1 aliphatic rings. The summed E-state index contributed by atoms with van der Waals surface area (Å²) in [5.41, 5.74) is 7.15. The van der Waals surface area contributed by atoms with Gasteiger partial charge in [-0.2, -0.15) is 0 Å². The van der Waals surface area contributed by atoms with Crippen LogP contribution in [0.4, 0.5) is 5.69 Å². The summed E-state index contributed by atoms with van der Waals surface area (Å²) in [6.45, 7) is 6.75. The van der Waals surface area contributed by atoms with E-state index in [1.165, 1.54) is 6.42 Å². The number of nitrogens with zero attached hydrogens (tertiary/aromatic N) is 2. The highest BCUT2D eigenvalue weighted by atomic mass is 16.2. The maximum atomic E-state index is 12.4. The van der Waals surface area contributed by atoms with E-state index < -0.39 is 0 Å². The molecule has 94 valence electrons. The van der Waals surface area contributed by atoms with E-state index in [1.807, 2.05) is 22.6 Å². The molecule has 1 aromatic heterocycles. The first-order chi connectivity index (χ1) is 8.11. The van der Waals surface area contributed by atoms with Crippen LogP contribution in [0.5, 0.6) is 0 Å². The van der Waals surface area contributed by atoms with E-state index in [9.17, 15) is 4.79 Å². The second kappa shape index (κ2) is 4.82. The average molecular weight is 235 g/mol. The third-order valence-corrected chi connectivity index (χ3v) is 3.42. The molecule has 1 aliphatic heterocycles. The van der Waals surface area contributed by atoms with Gasteiger partial charge in [0.1, 0.15) is 5.69 Å². The lowest BCUT2D eigenvalue weighted by molar-refractivity contribution is 0.0672. The Balaban J connectivity index is 2.18. The van der Waals surface area contributed by atoms with Gasteiger partial charge in [0.05, 0.1) is 5.69 Å². The van der Waals surface area contributed by atoms with Gasteiger partial charge in [0.15, 0.2) is 0 Å². The molecule has 0 saturated carbocycles. The molecule has 1 atom stereocenters. The number of hydrogen-bond donors (Lipinski definition) is 1. The molecule has 0 aromatic carbocycles. The Hall–Kier alpha value is -1.45. The Morgan fingerprint density at radius 2 is 2.35 bits per heavy atom. The van der Waals surface area contributed by atoms with Crippen LogP contribution >= 0.6 is 0 Å². The van der Waals surface area contributed by atoms with Crippen molar-refractivity contribution < 1.29 is 4.79 Å². The van der Waals surface area contributed by atoms with Crippen LogP contribution in [-0.4, -0.2) is 28.5 Å². The lowest BCUT2D eigenvalue weighted by Gasteiger charge is -2.31. The van der Waals surface area contributed by atoms with Gasteiger partial charge in [-0.1, -0.05) is 6.92 Å². The highest BCUT2D eigenvalue weighted by Crippen LogP contribution is 2.19. The quantitative estimate of drug-likeness (QED) is 0.852. The number of likely N-dealkylation sites (tertiary alicyclic amines) is 1. The Morgan fingerprint density at radius 1 is 1.59 bits per heavy atom. The van der Waals surface area contributed by atoms with Gasteiger partial charge in [0.2, 0.25) is 0 Å². The number of aryl methyl sites for hydroxylation is 1. The Labute approximate surface area is 102 Å². The zero-order valence-corrected chi connectivity index (χ0v) is 10.6. The van der Waals surface area contributed by atoms with Crippen LogP contribution in [0.1, 0.15) is 37.2 Å². The Morgan fingerprint density at radius 3 is 3.00 bits per heavy atom. The molecular weight excluding hydrogens is 214 g/mol. The van der Waals surface area contributed by atoms with Gasteiger partial charge >= 0.3 is 0 Å². The molecular formula is C13H21N3O. The molecule has 1 saturated heterocycles. The van der Waals surface area contributed by atoms with Crippen molar-refractivity contribution in [1.29, 1.82) is 0 Å². The first-order valence-electron chi connectivity index (χ1n) is 6.36. The normalized spacial score (nSPS) is 20.6. The predicted molar refractivity (Wildman–Crippen MR) is 68.8 cm³/mol. The summed E-state index contributed by atoms with van der Waals surface area (Å²) >= 11 is 0. The molecule has 4 nitrogen and oxygen atoms in total. The number of rotatable bonds is 2. The molecule has 0 bridgehead atoms. The monoisotopic (exact) mass is 235 g/mol. The van der Waals surface area contributed by atoms with Gasteiger partial charge < -0.3 is 15.2 Å². The molecule has 17 heavy (non-hydrogen) atoms. The van der Waals surface area contributed by atoms with Gasteiger partial charge in [0.25, 0.3) is 5.91 Å². The predicted octanol–water partition coefficient (Wildman–Crippen LogP) is 1.96. The molecule has 4 heteroatoms. The second-order valence-corrected chi connectivity index (χ2v) is 4.94. The van der Waals surface area contributed by atoms with Crippen molar-refractivity contribution in [3.8, 4) is 0 Å². The number of anilines is 1. The zero-order chi connectivity index (χ0) is 12.4. The highest BCUT2D eigenvalue weighted by Gasteiger charge is 2.24. The fraction of sp³-hybridized carbons (Fsp3) is 0.615. The minimum Gasteiger partial charge on any atom is -0.397 e. The van der Waals surface area contributed by atoms with Crippen LogP contribution in [0.2, 0.25) is 0 Å². The molecule has 0 aliphatic carbocycles. The number of nitrogen functional groups attached to an aromatic ring is 1. The van der Waals surface area contributed by atoms with Crippen molar-refractivity contribution in [3.05, 3.63) is 18.0 Å². The summed E-state index contributed by atoms with van der Waals surface area (Å²) in [6.07, 6.45) is 4.16. The number of carbonyl (C=O) groups excluding carboxylic acids is 1. The summed E-state index contributed by atoms with van der Waals surface area (Å²) in [5, 5.41) is 0. The lowest BCUT2D eigenvalue weighted by Crippen LogP contribution is -2.39. The number of amides is 1. The van der Waals surface area contributed by atoms with Crippen molar-refractivity contribution in [3.63, 3.8) is 0 Å². The highest BCUT2D eigenvalue weighted by molar-refractivity contribution is 5.93. The molecule has 1 unspecified atom stereocenters. The number of piperidine rings is 1. The van der Waals surface area contributed by atoms with Crippen molar-refractivity contribution in [1.82, 2.24) is 9.47 Å². The Bertz CT molecular complexity index is 411. The lowest BCUT2D eigenvalue weighted by atomic mass is 10.00. The van der Waals surface area contributed by atoms with E-state index >= 15 is 0 Å². The molecule has 1 amide bonds. The average Bonchev–Trinajstić information content (AvgIpc) is 2.69. The molecule has 2 heterocycles. The molecule has 1 aromatic rings. The maximum absolute atomic E-state index is 12.4. The standard InChI is InChI=1S/C13H21N3O/c1-3-15-9-11(14)7-12(15)13(17)16-6-4-5-10(2)8-16/h7,9-10H,3-6,8,14H2,1-2H3. The minimum absolute atomic E-state index is 0.120. The SMILES string of the molecule is CCn1cc(N)cc1C(=O)N1CCCC(C)C1. The van der Waals surface area contributed by atoms with Crippen molar-refractivity contribution in [2.45, 2.75) is 33.2 Å². The summed E-state index contributed by atoms with van der Waals surface area (Å²) in [4.78, 5) is 14.3. The zero-order valence-electron chi connectivity index (χ0n) is 10.6. The van der Waals surface area contributed by atoms with E-state index in [-0.39, 0.29) is 5.91 Å². The molecule has 1 fully saturated rings. The minimum atomic E-state index is 0.120. The van der Waals surface area contributed by atoms with Gasteiger partial charge in [0, 0.05) is 25.8 Å². The molecule has 0 spiro atoms. The summed E-state index contributed by atoms with van der Waals surface area (Å²) in [6, 6.07) is 1.78. The molecule has 0 radical (unpaired) electrons. The number of nitrogens with two attached hydrogens (primary N) is 1. The van der Waals surface area contributed by atoms with Crippen LogP contribution in [0.3, 0.4) is 0 Å². The fourth-order valence-electron chi connectivity index (χ4n) is 2.51. The van der Waals surface area contributed by atoms with Crippen LogP contribution in [0.15, 0.2) is 12.3 Å². The van der Waals surface area contributed by atoms with Gasteiger partial charge in [-0.05, 0) is 31.7 Å². The topological polar surface area (TPSA) is 51.3 Å². The van der Waals surface area contributed by atoms with Gasteiger partial charge in [-0.15, -0.1) is 0 Å². The van der Waals surface area contributed by atoms with Crippen molar-refractivity contribution >= 4 is 11.6 Å². The summed E-state index contributed by atoms with van der Waals surface area (Å²) < 4.78 is 1.93. The van der Waals surface area contributed by atoms with Crippen LogP contribution in [0.25, 0.3) is 0 Å². The van der Waals surface area contributed by atoms with E-state index in [1.54, 1.807) is 6.07 Å². The maximum Gasteiger partial charge on any atom is 0.270 e. The number of carbonyl (C=O) groups is 1. The molecule has 2 N–H and O–H groups in total. The third-order valence-electron chi connectivity index (χ3n) is 3.42. The number of aromatic nitrogens is 1. The molecule has 2 rings (SSSR count). The summed E-state index contributed by atoms with van der Waals surface area (Å²) in [5.74, 6) is 0.727. The summed E-state index contributed by atoms with van der Waals surface area (Å²) in [7, 11) is 0. The second-order valence-electron chi connectivity index (χ2n) is 4.94. The number of hydrogen-bond acceptors (Lipinski definition) is 2. The van der Waals surface area contributed by atoms with E-state index in [0.717, 1.165) is 31.7 Å². The smallest absolute Gasteiger partial charge is 0.270 e. The van der Waals surface area contributed by atoms with E-state index in [0.29, 0.717) is 11.6 Å². The fourth-order valence-corrected chi connectivity index (χ4v) is 2.51. The van der Waals surface area contributed by atoms with E-state index in [2.05, 4.69) is 6.92 Å².